The zero-order valence-electron chi connectivity index (χ0n) is 13.9. The number of amides is 2. The molecule has 128 valence electrons. The molecule has 23 heavy (non-hydrogen) atoms. The van der Waals surface area contributed by atoms with E-state index in [4.69, 9.17) is 9.52 Å². The van der Waals surface area contributed by atoms with E-state index in [0.717, 1.165) is 0 Å². The maximum absolute atomic E-state index is 12.2. The van der Waals surface area contributed by atoms with E-state index in [1.54, 1.807) is 19.9 Å². The number of aliphatic carboxylic acids is 1. The van der Waals surface area contributed by atoms with Crippen molar-refractivity contribution < 1.29 is 23.9 Å². The molecule has 0 fully saturated rings. The van der Waals surface area contributed by atoms with E-state index in [-0.39, 0.29) is 24.1 Å². The van der Waals surface area contributed by atoms with Crippen LogP contribution in [0.1, 0.15) is 44.7 Å². The molecule has 0 aliphatic heterocycles. The van der Waals surface area contributed by atoms with Gasteiger partial charge in [0.05, 0.1) is 11.7 Å². The predicted octanol–water partition coefficient (Wildman–Crippen LogP) is 1.65. The standard InChI is InChI=1S/C16H24N2O5/c1-10(2)12(18-13(19)11-6-5-9-23-11)14(20)17-8-7-16(3,4)15(21)22/h5-6,9-10,12H,7-8H2,1-4H3,(H,17,20)(H,18,19)(H,21,22). The highest BCUT2D eigenvalue weighted by Crippen LogP contribution is 2.19. The summed E-state index contributed by atoms with van der Waals surface area (Å²) < 4.78 is 5.00. The monoisotopic (exact) mass is 324 g/mol. The van der Waals surface area contributed by atoms with Crippen LogP contribution in [-0.4, -0.2) is 35.5 Å². The Labute approximate surface area is 135 Å². The van der Waals surface area contributed by atoms with E-state index in [1.807, 2.05) is 13.8 Å². The Bertz CT molecular complexity index is 549. The number of hydrogen-bond acceptors (Lipinski definition) is 4. The molecule has 0 saturated carbocycles. The van der Waals surface area contributed by atoms with Gasteiger partial charge in [-0.3, -0.25) is 14.4 Å². The molecule has 1 aromatic rings. The molecule has 1 atom stereocenters. The molecule has 1 heterocycles. The maximum atomic E-state index is 12.2. The van der Waals surface area contributed by atoms with Crippen LogP contribution in [0.3, 0.4) is 0 Å². The Hall–Kier alpha value is -2.31. The van der Waals surface area contributed by atoms with Crippen molar-refractivity contribution in [1.82, 2.24) is 10.6 Å². The lowest BCUT2D eigenvalue weighted by atomic mass is 9.89. The summed E-state index contributed by atoms with van der Waals surface area (Å²) in [7, 11) is 0. The van der Waals surface area contributed by atoms with Gasteiger partial charge in [-0.05, 0) is 38.3 Å². The van der Waals surface area contributed by atoms with E-state index < -0.39 is 23.3 Å². The summed E-state index contributed by atoms with van der Waals surface area (Å²) in [5, 5.41) is 14.4. The van der Waals surface area contributed by atoms with Crippen molar-refractivity contribution in [1.29, 1.82) is 0 Å². The van der Waals surface area contributed by atoms with E-state index in [1.165, 1.54) is 12.3 Å². The smallest absolute Gasteiger partial charge is 0.309 e. The van der Waals surface area contributed by atoms with Crippen molar-refractivity contribution in [3.05, 3.63) is 24.2 Å². The molecule has 0 bridgehead atoms. The average Bonchev–Trinajstić information content (AvgIpc) is 2.97. The average molecular weight is 324 g/mol. The minimum absolute atomic E-state index is 0.124. The Balaban J connectivity index is 2.58. The molecular weight excluding hydrogens is 300 g/mol. The molecule has 7 nitrogen and oxygen atoms in total. The van der Waals surface area contributed by atoms with Crippen molar-refractivity contribution in [2.45, 2.75) is 40.2 Å². The van der Waals surface area contributed by atoms with Crippen molar-refractivity contribution in [2.75, 3.05) is 6.54 Å². The van der Waals surface area contributed by atoms with Gasteiger partial charge in [-0.2, -0.15) is 0 Å². The Kier molecular flexibility index (Phi) is 6.36. The van der Waals surface area contributed by atoms with E-state index in [2.05, 4.69) is 10.6 Å². The van der Waals surface area contributed by atoms with Gasteiger partial charge in [-0.15, -0.1) is 0 Å². The van der Waals surface area contributed by atoms with Gasteiger partial charge < -0.3 is 20.2 Å². The lowest BCUT2D eigenvalue weighted by Gasteiger charge is -2.23. The van der Waals surface area contributed by atoms with Gasteiger partial charge in [0.25, 0.3) is 5.91 Å². The first-order chi connectivity index (χ1) is 10.6. The normalized spacial score (nSPS) is 12.7. The molecule has 0 aromatic carbocycles. The molecule has 1 rings (SSSR count). The molecule has 3 N–H and O–H groups in total. The quantitative estimate of drug-likeness (QED) is 0.674. The van der Waals surface area contributed by atoms with Gasteiger partial charge in [0.2, 0.25) is 5.91 Å². The second-order valence-corrected chi connectivity index (χ2v) is 6.40. The molecular formula is C16H24N2O5. The predicted molar refractivity (Wildman–Crippen MR) is 83.8 cm³/mol. The minimum Gasteiger partial charge on any atom is -0.481 e. The molecule has 0 aliphatic rings. The number of nitrogens with one attached hydrogen (secondary N) is 2. The summed E-state index contributed by atoms with van der Waals surface area (Å²) in [6.07, 6.45) is 1.68. The van der Waals surface area contributed by atoms with Crippen LogP contribution in [0.25, 0.3) is 0 Å². The fraction of sp³-hybridized carbons (Fsp3) is 0.562. The van der Waals surface area contributed by atoms with E-state index in [0.29, 0.717) is 6.42 Å². The first-order valence-electron chi connectivity index (χ1n) is 7.50. The number of carboxylic acids is 1. The largest absolute Gasteiger partial charge is 0.481 e. The summed E-state index contributed by atoms with van der Waals surface area (Å²) in [6.45, 7) is 7.04. The van der Waals surface area contributed by atoms with Gasteiger partial charge >= 0.3 is 5.97 Å². The topological polar surface area (TPSA) is 109 Å². The Morgan fingerprint density at radius 3 is 2.43 bits per heavy atom. The number of carbonyl (C=O) groups is 3. The minimum atomic E-state index is -0.919. The van der Waals surface area contributed by atoms with Crippen LogP contribution in [0.4, 0.5) is 0 Å². The molecule has 0 radical (unpaired) electrons. The Morgan fingerprint density at radius 2 is 1.96 bits per heavy atom. The molecule has 0 saturated heterocycles. The van der Waals surface area contributed by atoms with Crippen LogP contribution in [0.5, 0.6) is 0 Å². The van der Waals surface area contributed by atoms with Crippen molar-refractivity contribution in [3.63, 3.8) is 0 Å². The number of carboxylic acid groups (broad SMARTS) is 1. The fourth-order valence-electron chi connectivity index (χ4n) is 1.87. The van der Waals surface area contributed by atoms with Crippen molar-refractivity contribution in [2.24, 2.45) is 11.3 Å². The highest BCUT2D eigenvalue weighted by Gasteiger charge is 2.29. The van der Waals surface area contributed by atoms with Gasteiger partial charge in [0.15, 0.2) is 5.76 Å². The van der Waals surface area contributed by atoms with Crippen molar-refractivity contribution >= 4 is 17.8 Å². The zero-order valence-corrected chi connectivity index (χ0v) is 13.9. The second kappa shape index (κ2) is 7.80. The van der Waals surface area contributed by atoms with Crippen LogP contribution < -0.4 is 10.6 Å². The highest BCUT2D eigenvalue weighted by atomic mass is 16.4. The second-order valence-electron chi connectivity index (χ2n) is 6.40. The number of hydrogen-bond donors (Lipinski definition) is 3. The van der Waals surface area contributed by atoms with Crippen molar-refractivity contribution in [3.8, 4) is 0 Å². The fourth-order valence-corrected chi connectivity index (χ4v) is 1.87. The first kappa shape index (κ1) is 18.7. The van der Waals surface area contributed by atoms with Crippen LogP contribution >= 0.6 is 0 Å². The summed E-state index contributed by atoms with van der Waals surface area (Å²) in [6, 6.07) is 2.38. The molecule has 1 unspecified atom stereocenters. The van der Waals surface area contributed by atoms with Crippen LogP contribution in [0.2, 0.25) is 0 Å². The third-order valence-electron chi connectivity index (χ3n) is 3.61. The molecule has 2 amide bonds. The maximum Gasteiger partial charge on any atom is 0.309 e. The Morgan fingerprint density at radius 1 is 1.30 bits per heavy atom. The molecule has 0 aliphatic carbocycles. The lowest BCUT2D eigenvalue weighted by Crippen LogP contribution is -2.50. The zero-order chi connectivity index (χ0) is 17.6. The van der Waals surface area contributed by atoms with Gasteiger partial charge in [-0.1, -0.05) is 13.8 Å². The van der Waals surface area contributed by atoms with Gasteiger partial charge in [0.1, 0.15) is 6.04 Å². The van der Waals surface area contributed by atoms with Crippen LogP contribution in [0.15, 0.2) is 22.8 Å². The molecule has 0 spiro atoms. The van der Waals surface area contributed by atoms with Crippen LogP contribution in [-0.2, 0) is 9.59 Å². The van der Waals surface area contributed by atoms with Crippen LogP contribution in [0, 0.1) is 11.3 Å². The van der Waals surface area contributed by atoms with E-state index in [9.17, 15) is 14.4 Å². The van der Waals surface area contributed by atoms with E-state index >= 15 is 0 Å². The summed E-state index contributed by atoms with van der Waals surface area (Å²) >= 11 is 0. The highest BCUT2D eigenvalue weighted by molar-refractivity contribution is 5.95. The summed E-state index contributed by atoms with van der Waals surface area (Å²) in [5.74, 6) is -1.72. The summed E-state index contributed by atoms with van der Waals surface area (Å²) in [5.41, 5.74) is -0.919. The number of carbonyl (C=O) groups excluding carboxylic acids is 2. The third kappa shape index (κ3) is 5.43. The summed E-state index contributed by atoms with van der Waals surface area (Å²) in [4.78, 5) is 35.3. The third-order valence-corrected chi connectivity index (χ3v) is 3.61. The SMILES string of the molecule is CC(C)C(NC(=O)c1ccco1)C(=O)NCCC(C)(C)C(=O)O. The van der Waals surface area contributed by atoms with Gasteiger partial charge in [0, 0.05) is 6.54 Å². The lowest BCUT2D eigenvalue weighted by molar-refractivity contribution is -0.147. The number of rotatable bonds is 8. The molecule has 7 heteroatoms. The van der Waals surface area contributed by atoms with Gasteiger partial charge in [-0.25, -0.2) is 0 Å². The number of furan rings is 1. The first-order valence-corrected chi connectivity index (χ1v) is 7.50. The molecule has 1 aromatic heterocycles.